The smallest absolute Gasteiger partial charge is 0.326 e. The summed E-state index contributed by atoms with van der Waals surface area (Å²) in [5.41, 5.74) is 9.86. The highest BCUT2D eigenvalue weighted by Gasteiger charge is 2.25. The van der Waals surface area contributed by atoms with E-state index in [1.807, 2.05) is 34.9 Å². The van der Waals surface area contributed by atoms with Crippen molar-refractivity contribution in [2.24, 2.45) is 0 Å². The summed E-state index contributed by atoms with van der Waals surface area (Å²) >= 11 is 6.16. The number of imidazole rings is 1. The van der Waals surface area contributed by atoms with E-state index < -0.39 is 0 Å². The molecule has 1 aromatic heterocycles. The molecule has 0 radical (unpaired) electrons. The molecule has 0 aliphatic carbocycles. The van der Waals surface area contributed by atoms with Crippen molar-refractivity contribution in [1.29, 1.82) is 5.41 Å². The van der Waals surface area contributed by atoms with E-state index in [9.17, 15) is 4.79 Å². The summed E-state index contributed by atoms with van der Waals surface area (Å²) in [7, 11) is 0. The van der Waals surface area contributed by atoms with Crippen LogP contribution in [0.2, 0.25) is 5.02 Å². The zero-order chi connectivity index (χ0) is 18.3. The highest BCUT2D eigenvalue weighted by Crippen LogP contribution is 2.33. The van der Waals surface area contributed by atoms with Crippen molar-refractivity contribution < 1.29 is 0 Å². The van der Waals surface area contributed by atoms with Gasteiger partial charge < -0.3 is 21.0 Å². The molecule has 0 bridgehead atoms. The van der Waals surface area contributed by atoms with Crippen LogP contribution in [0.15, 0.2) is 41.2 Å². The van der Waals surface area contributed by atoms with Crippen LogP contribution in [-0.4, -0.2) is 28.9 Å². The van der Waals surface area contributed by atoms with Gasteiger partial charge in [0.1, 0.15) is 0 Å². The standard InChI is InChI=1S/C19H20ClN5O/c20-12-9-15(22)14(11-21)18(10-12)24-7-5-13(6-8-24)25-17-4-2-1-3-16(17)23-19(25)26/h1-4,9-11,13,21H,5-8,22H2,(H,23,26). The average Bonchev–Trinajstić information content (AvgIpc) is 2.97. The SMILES string of the molecule is N=Cc1c(N)cc(Cl)cc1N1CCC(n2c(=O)[nH]c3ccccc32)CC1. The van der Waals surface area contributed by atoms with Gasteiger partial charge in [-0.2, -0.15) is 0 Å². The summed E-state index contributed by atoms with van der Waals surface area (Å²) < 4.78 is 1.87. The molecule has 0 saturated carbocycles. The zero-order valence-electron chi connectivity index (χ0n) is 14.2. The van der Waals surface area contributed by atoms with Gasteiger partial charge in [-0.25, -0.2) is 4.79 Å². The number of nitrogens with two attached hydrogens (primary N) is 1. The quantitative estimate of drug-likeness (QED) is 0.488. The summed E-state index contributed by atoms with van der Waals surface area (Å²) in [6.45, 7) is 1.55. The van der Waals surface area contributed by atoms with Crippen LogP contribution in [-0.2, 0) is 0 Å². The first-order valence-corrected chi connectivity index (χ1v) is 9.00. The molecule has 0 atom stereocenters. The minimum atomic E-state index is -0.0585. The predicted molar refractivity (Wildman–Crippen MR) is 107 cm³/mol. The van der Waals surface area contributed by atoms with Crippen LogP contribution < -0.4 is 16.3 Å². The molecule has 134 valence electrons. The van der Waals surface area contributed by atoms with E-state index in [0.29, 0.717) is 16.3 Å². The van der Waals surface area contributed by atoms with Gasteiger partial charge in [0.05, 0.1) is 11.0 Å². The molecule has 0 amide bonds. The lowest BCUT2D eigenvalue weighted by molar-refractivity contribution is 0.396. The zero-order valence-corrected chi connectivity index (χ0v) is 15.0. The van der Waals surface area contributed by atoms with Crippen molar-refractivity contribution in [3.05, 3.63) is 57.5 Å². The van der Waals surface area contributed by atoms with Crippen molar-refractivity contribution in [3.8, 4) is 0 Å². The van der Waals surface area contributed by atoms with E-state index >= 15 is 0 Å². The number of halogens is 1. The van der Waals surface area contributed by atoms with E-state index in [0.717, 1.165) is 42.7 Å². The highest BCUT2D eigenvalue weighted by molar-refractivity contribution is 6.31. The minimum Gasteiger partial charge on any atom is -0.398 e. The van der Waals surface area contributed by atoms with Crippen LogP contribution in [0.1, 0.15) is 24.4 Å². The lowest BCUT2D eigenvalue weighted by Gasteiger charge is -2.35. The fourth-order valence-corrected chi connectivity index (χ4v) is 4.07. The second-order valence-corrected chi connectivity index (χ2v) is 7.04. The number of nitrogen functional groups attached to an aromatic ring is 1. The Morgan fingerprint density at radius 2 is 1.96 bits per heavy atom. The summed E-state index contributed by atoms with van der Waals surface area (Å²) in [4.78, 5) is 17.5. The van der Waals surface area contributed by atoms with E-state index in [1.165, 1.54) is 6.21 Å². The molecule has 6 nitrogen and oxygen atoms in total. The second-order valence-electron chi connectivity index (χ2n) is 6.61. The van der Waals surface area contributed by atoms with Gasteiger partial charge in [0.25, 0.3) is 0 Å². The minimum absolute atomic E-state index is 0.0585. The van der Waals surface area contributed by atoms with Gasteiger partial charge in [-0.1, -0.05) is 23.7 Å². The number of para-hydroxylation sites is 2. The van der Waals surface area contributed by atoms with E-state index in [2.05, 4.69) is 9.88 Å². The maximum absolute atomic E-state index is 12.4. The van der Waals surface area contributed by atoms with Crippen molar-refractivity contribution >= 4 is 40.2 Å². The molecule has 2 aromatic carbocycles. The average molecular weight is 370 g/mol. The number of piperidine rings is 1. The van der Waals surface area contributed by atoms with E-state index in [-0.39, 0.29) is 11.7 Å². The lowest BCUT2D eigenvalue weighted by Crippen LogP contribution is -2.37. The Labute approximate surface area is 155 Å². The Kier molecular flexibility index (Phi) is 4.20. The van der Waals surface area contributed by atoms with E-state index in [1.54, 1.807) is 6.07 Å². The lowest BCUT2D eigenvalue weighted by atomic mass is 10.0. The molecule has 1 aliphatic rings. The molecule has 0 spiro atoms. The largest absolute Gasteiger partial charge is 0.398 e. The van der Waals surface area contributed by atoms with E-state index in [4.69, 9.17) is 22.7 Å². The van der Waals surface area contributed by atoms with Crippen molar-refractivity contribution in [2.45, 2.75) is 18.9 Å². The van der Waals surface area contributed by atoms with Gasteiger partial charge in [-0.05, 0) is 37.1 Å². The van der Waals surface area contributed by atoms with Gasteiger partial charge in [0, 0.05) is 47.3 Å². The number of benzene rings is 2. The number of nitrogens with one attached hydrogen (secondary N) is 2. The molecule has 1 fully saturated rings. The van der Waals surface area contributed by atoms with Crippen LogP contribution in [0, 0.1) is 5.41 Å². The number of fused-ring (bicyclic) bond motifs is 1. The molecule has 1 saturated heterocycles. The Bertz CT molecular complexity index is 1030. The Balaban J connectivity index is 1.61. The second kappa shape index (κ2) is 6.53. The fourth-order valence-electron chi connectivity index (χ4n) is 3.84. The third-order valence-corrected chi connectivity index (χ3v) is 5.31. The summed E-state index contributed by atoms with van der Waals surface area (Å²) in [5.74, 6) is 0. The van der Waals surface area contributed by atoms with Crippen LogP contribution in [0.5, 0.6) is 0 Å². The van der Waals surface area contributed by atoms with Crippen molar-refractivity contribution in [2.75, 3.05) is 23.7 Å². The van der Waals surface area contributed by atoms with Crippen molar-refractivity contribution in [3.63, 3.8) is 0 Å². The molecule has 4 N–H and O–H groups in total. The van der Waals surface area contributed by atoms with Gasteiger partial charge in [-0.15, -0.1) is 0 Å². The van der Waals surface area contributed by atoms with Gasteiger partial charge in [-0.3, -0.25) is 4.57 Å². The van der Waals surface area contributed by atoms with Crippen molar-refractivity contribution in [1.82, 2.24) is 9.55 Å². The summed E-state index contributed by atoms with van der Waals surface area (Å²) in [6, 6.07) is 11.5. The molecular weight excluding hydrogens is 350 g/mol. The number of anilines is 2. The first-order chi connectivity index (χ1) is 12.6. The van der Waals surface area contributed by atoms with Crippen LogP contribution >= 0.6 is 11.6 Å². The number of rotatable bonds is 3. The molecule has 2 heterocycles. The van der Waals surface area contributed by atoms with Crippen LogP contribution in [0.4, 0.5) is 11.4 Å². The first-order valence-electron chi connectivity index (χ1n) is 8.62. The molecule has 0 unspecified atom stereocenters. The fraction of sp³-hybridized carbons (Fsp3) is 0.263. The molecule has 4 rings (SSSR count). The number of aromatic nitrogens is 2. The molecule has 3 aromatic rings. The topological polar surface area (TPSA) is 90.9 Å². The predicted octanol–water partition coefficient (Wildman–Crippen LogP) is 3.40. The maximum Gasteiger partial charge on any atom is 0.326 e. The third kappa shape index (κ3) is 2.76. The highest BCUT2D eigenvalue weighted by atomic mass is 35.5. The Morgan fingerprint density at radius 3 is 2.69 bits per heavy atom. The first kappa shape index (κ1) is 16.7. The summed E-state index contributed by atoms with van der Waals surface area (Å²) in [6.07, 6.45) is 2.95. The Morgan fingerprint density at radius 1 is 1.23 bits per heavy atom. The molecule has 26 heavy (non-hydrogen) atoms. The number of hydrogen-bond acceptors (Lipinski definition) is 4. The number of nitrogens with zero attached hydrogens (tertiary/aromatic N) is 2. The van der Waals surface area contributed by atoms with Crippen LogP contribution in [0.25, 0.3) is 11.0 Å². The third-order valence-electron chi connectivity index (χ3n) is 5.09. The van der Waals surface area contributed by atoms with Gasteiger partial charge in [0.2, 0.25) is 0 Å². The van der Waals surface area contributed by atoms with Gasteiger partial charge >= 0.3 is 5.69 Å². The number of aromatic amines is 1. The summed E-state index contributed by atoms with van der Waals surface area (Å²) in [5, 5.41) is 8.23. The number of hydrogen-bond donors (Lipinski definition) is 3. The monoisotopic (exact) mass is 369 g/mol. The Hall–Kier alpha value is -2.73. The van der Waals surface area contributed by atoms with Crippen LogP contribution in [0.3, 0.4) is 0 Å². The molecular formula is C19H20ClN5O. The maximum atomic E-state index is 12.4. The molecule has 1 aliphatic heterocycles. The number of H-pyrrole nitrogens is 1. The van der Waals surface area contributed by atoms with Gasteiger partial charge in [0.15, 0.2) is 0 Å². The molecule has 7 heteroatoms. The normalized spacial score (nSPS) is 15.5.